The summed E-state index contributed by atoms with van der Waals surface area (Å²) < 4.78 is 5.29. The highest BCUT2D eigenvalue weighted by Crippen LogP contribution is 2.15. The number of hydrogen-bond donors (Lipinski definition) is 4. The van der Waals surface area contributed by atoms with Crippen molar-refractivity contribution in [3.05, 3.63) is 29.8 Å². The van der Waals surface area contributed by atoms with Gasteiger partial charge in [0.25, 0.3) is 5.91 Å². The van der Waals surface area contributed by atoms with E-state index in [0.717, 1.165) is 6.54 Å². The lowest BCUT2D eigenvalue weighted by Gasteiger charge is -2.13. The first-order valence-electron chi connectivity index (χ1n) is 6.76. The average molecular weight is 322 g/mol. The van der Waals surface area contributed by atoms with Crippen molar-refractivity contribution in [3.8, 4) is 11.8 Å². The summed E-state index contributed by atoms with van der Waals surface area (Å²) in [5, 5.41) is 12.2. The zero-order valence-corrected chi connectivity index (χ0v) is 13.4. The maximum Gasteiger partial charge on any atom is 0.276 e. The summed E-state index contributed by atoms with van der Waals surface area (Å²) in [7, 11) is 4.08. The summed E-state index contributed by atoms with van der Waals surface area (Å²) in [6.07, 6.45) is 0. The molecule has 0 heterocycles. The van der Waals surface area contributed by atoms with Crippen LogP contribution in [0.3, 0.4) is 0 Å². The van der Waals surface area contributed by atoms with Gasteiger partial charge in [0.05, 0.1) is 32.7 Å². The predicted octanol–water partition coefficient (Wildman–Crippen LogP) is -1.42. The molecule has 0 aliphatic carbocycles. The number of ether oxygens (including phenoxy) is 1. The van der Waals surface area contributed by atoms with Gasteiger partial charge in [-0.05, 0) is 24.4 Å². The molecule has 7 nitrogen and oxygen atoms in total. The average Bonchev–Trinajstić information content (AvgIpc) is 2.50. The fourth-order valence-electron chi connectivity index (χ4n) is 1.46. The molecule has 1 aromatic rings. The zero-order valence-electron chi connectivity index (χ0n) is 12.6. The van der Waals surface area contributed by atoms with E-state index in [4.69, 9.17) is 22.2 Å². The van der Waals surface area contributed by atoms with Crippen molar-refractivity contribution < 1.29 is 14.4 Å². The highest BCUT2D eigenvalue weighted by molar-refractivity contribution is 7.80. The molecule has 4 N–H and O–H groups in total. The quantitative estimate of drug-likeness (QED) is 0.380. The van der Waals surface area contributed by atoms with E-state index < -0.39 is 5.91 Å². The second kappa shape index (κ2) is 9.55. The molecule has 0 spiro atoms. The lowest BCUT2D eigenvalue weighted by atomic mass is 10.2. The van der Waals surface area contributed by atoms with Gasteiger partial charge in [-0.25, -0.2) is 0 Å². The Morgan fingerprint density at radius 1 is 1.36 bits per heavy atom. The molecule has 118 valence electrons. The number of nitrogens with one attached hydrogen (secondary N) is 4. The number of nitriles is 1. The number of carbonyl (C=O) groups is 1. The van der Waals surface area contributed by atoms with Crippen LogP contribution in [0.1, 0.15) is 5.56 Å². The number of likely N-dealkylation sites (N-methyl/N-ethyl adjacent to an activating group) is 1. The van der Waals surface area contributed by atoms with E-state index in [-0.39, 0.29) is 6.61 Å². The largest absolute Gasteiger partial charge is 0.482 e. The van der Waals surface area contributed by atoms with Crippen molar-refractivity contribution in [3.63, 3.8) is 0 Å². The van der Waals surface area contributed by atoms with Crippen molar-refractivity contribution in [1.29, 1.82) is 5.26 Å². The predicted molar refractivity (Wildman–Crippen MR) is 86.2 cm³/mol. The van der Waals surface area contributed by atoms with Gasteiger partial charge >= 0.3 is 0 Å². The van der Waals surface area contributed by atoms with E-state index in [9.17, 15) is 4.79 Å². The normalized spacial score (nSPS) is 9.73. The molecule has 0 bridgehead atoms. The first-order valence-corrected chi connectivity index (χ1v) is 7.17. The van der Waals surface area contributed by atoms with Crippen LogP contribution < -0.4 is 25.8 Å². The molecule has 0 fully saturated rings. The van der Waals surface area contributed by atoms with Gasteiger partial charge in [0, 0.05) is 0 Å². The number of para-hydroxylation sites is 1. The van der Waals surface area contributed by atoms with Crippen molar-refractivity contribution >= 4 is 23.2 Å². The second-order valence-electron chi connectivity index (χ2n) is 4.78. The molecule has 0 unspecified atom stereocenters. The molecular weight excluding hydrogens is 302 g/mol. The van der Waals surface area contributed by atoms with Crippen molar-refractivity contribution in [2.75, 3.05) is 33.8 Å². The molecular formula is C14H20N5O2S+. The minimum absolute atomic E-state index is 0.212. The van der Waals surface area contributed by atoms with Crippen LogP contribution in [0.25, 0.3) is 0 Å². The molecule has 0 atom stereocenters. The molecule has 0 aromatic heterocycles. The van der Waals surface area contributed by atoms with Gasteiger partial charge in [-0.3, -0.25) is 15.6 Å². The van der Waals surface area contributed by atoms with Crippen LogP contribution in [0.4, 0.5) is 0 Å². The standard InChI is InChI=1S/C14H19N5O2S/c1-19(2)8-7-16-14(22)18-17-13(20)10-21-12-6-4-3-5-11(12)9-15/h3-6H,7-8,10H2,1-2H3,(H,17,20)(H2,16,18,22)/p+1. The zero-order chi connectivity index (χ0) is 16.4. The number of amides is 1. The van der Waals surface area contributed by atoms with Gasteiger partial charge in [-0.1, -0.05) is 12.1 Å². The summed E-state index contributed by atoms with van der Waals surface area (Å²) in [6, 6.07) is 8.72. The maximum absolute atomic E-state index is 11.6. The van der Waals surface area contributed by atoms with E-state index >= 15 is 0 Å². The first-order chi connectivity index (χ1) is 10.5. The number of rotatable bonds is 6. The Morgan fingerprint density at radius 2 is 2.09 bits per heavy atom. The minimum atomic E-state index is -0.393. The summed E-state index contributed by atoms with van der Waals surface area (Å²) in [4.78, 5) is 12.9. The van der Waals surface area contributed by atoms with Gasteiger partial charge < -0.3 is 15.0 Å². The third-order valence-corrected chi connectivity index (χ3v) is 2.84. The Bertz CT molecular complexity index is 556. The molecule has 0 saturated heterocycles. The van der Waals surface area contributed by atoms with Crippen LogP contribution in [0.15, 0.2) is 24.3 Å². The number of benzene rings is 1. The van der Waals surface area contributed by atoms with E-state index in [2.05, 4.69) is 16.2 Å². The topological polar surface area (TPSA) is 90.6 Å². The summed E-state index contributed by atoms with van der Waals surface area (Å²) in [5.41, 5.74) is 5.39. The Morgan fingerprint density at radius 3 is 2.77 bits per heavy atom. The second-order valence-corrected chi connectivity index (χ2v) is 5.19. The number of nitrogens with zero attached hydrogens (tertiary/aromatic N) is 1. The number of quaternary nitrogens is 1. The van der Waals surface area contributed by atoms with Crippen molar-refractivity contribution in [2.45, 2.75) is 0 Å². The van der Waals surface area contributed by atoms with Crippen LogP contribution in [0.2, 0.25) is 0 Å². The molecule has 0 aliphatic heterocycles. The molecule has 1 amide bonds. The van der Waals surface area contributed by atoms with Crippen LogP contribution in [-0.4, -0.2) is 44.8 Å². The highest BCUT2D eigenvalue weighted by Gasteiger charge is 2.06. The van der Waals surface area contributed by atoms with Gasteiger partial charge in [0.1, 0.15) is 11.8 Å². The highest BCUT2D eigenvalue weighted by atomic mass is 32.1. The third-order valence-electron chi connectivity index (χ3n) is 2.59. The molecule has 1 aromatic carbocycles. The molecule has 1 rings (SSSR count). The summed E-state index contributed by atoms with van der Waals surface area (Å²) >= 11 is 5.01. The first kappa shape index (κ1) is 17.7. The summed E-state index contributed by atoms with van der Waals surface area (Å²) in [6.45, 7) is 1.40. The van der Waals surface area contributed by atoms with Crippen LogP contribution in [0, 0.1) is 11.3 Å². The fourth-order valence-corrected chi connectivity index (χ4v) is 1.61. The molecule has 0 saturated carbocycles. The number of carbonyl (C=O) groups excluding carboxylic acids is 1. The van der Waals surface area contributed by atoms with Crippen molar-refractivity contribution in [1.82, 2.24) is 16.2 Å². The van der Waals surface area contributed by atoms with Gasteiger partial charge in [0.15, 0.2) is 11.7 Å². The Labute approximate surface area is 135 Å². The van der Waals surface area contributed by atoms with Crippen LogP contribution in [0.5, 0.6) is 5.75 Å². The van der Waals surface area contributed by atoms with Gasteiger partial charge in [-0.2, -0.15) is 5.26 Å². The fraction of sp³-hybridized carbons (Fsp3) is 0.357. The van der Waals surface area contributed by atoms with Gasteiger partial charge in [-0.15, -0.1) is 0 Å². The maximum atomic E-state index is 11.6. The van der Waals surface area contributed by atoms with Crippen LogP contribution >= 0.6 is 12.2 Å². The molecule has 0 aliphatic rings. The van der Waals surface area contributed by atoms with E-state index in [1.54, 1.807) is 24.3 Å². The van der Waals surface area contributed by atoms with Crippen LogP contribution in [-0.2, 0) is 4.79 Å². The molecule has 22 heavy (non-hydrogen) atoms. The Balaban J connectivity index is 2.26. The monoisotopic (exact) mass is 322 g/mol. The summed E-state index contributed by atoms with van der Waals surface area (Å²) in [5.74, 6) is -0.0232. The number of hydrazine groups is 1. The van der Waals surface area contributed by atoms with E-state index in [0.29, 0.717) is 23.0 Å². The van der Waals surface area contributed by atoms with Crippen molar-refractivity contribution in [2.24, 2.45) is 0 Å². The number of thiocarbonyl (C=S) groups is 1. The van der Waals surface area contributed by atoms with Gasteiger partial charge in [0.2, 0.25) is 0 Å². The third kappa shape index (κ3) is 6.88. The Kier molecular flexibility index (Phi) is 7.67. The Hall–Kier alpha value is -2.37. The number of hydrogen-bond acceptors (Lipinski definition) is 4. The SMILES string of the molecule is C[NH+](C)CCNC(=S)NNC(=O)COc1ccccc1C#N. The van der Waals surface area contributed by atoms with E-state index in [1.807, 2.05) is 20.2 Å². The van der Waals surface area contributed by atoms with E-state index in [1.165, 1.54) is 4.90 Å². The molecule has 0 radical (unpaired) electrons. The minimum Gasteiger partial charge on any atom is -0.482 e. The lowest BCUT2D eigenvalue weighted by molar-refractivity contribution is -0.856. The lowest BCUT2D eigenvalue weighted by Crippen LogP contribution is -3.06. The molecule has 8 heteroatoms. The smallest absolute Gasteiger partial charge is 0.276 e.